The third-order valence-electron chi connectivity index (χ3n) is 12.9. The molecule has 0 aromatic heterocycles. The van der Waals surface area contributed by atoms with Crippen molar-refractivity contribution >= 4 is 5.91 Å². The van der Waals surface area contributed by atoms with E-state index in [1.165, 1.54) is 263 Å². The van der Waals surface area contributed by atoms with Gasteiger partial charge in [0.1, 0.15) is 0 Å². The van der Waals surface area contributed by atoms with Gasteiger partial charge in [0.15, 0.2) is 0 Å². The standard InChI is InChI=1S/C53H107NO3/c1-3-5-7-9-11-13-15-17-19-21-23-24-25-26-27-28-29-31-33-35-37-39-41-43-45-47-49-53(57)54-51(50-55)52(56)48-46-44-42-40-38-36-34-32-30-22-20-18-16-14-12-10-8-6-4-2/h51-52,55-56H,3-50H2,1-2H3,(H,54,57). The zero-order valence-electron chi connectivity index (χ0n) is 39.4. The highest BCUT2D eigenvalue weighted by Gasteiger charge is 2.20. The van der Waals surface area contributed by atoms with E-state index in [0.29, 0.717) is 12.8 Å². The van der Waals surface area contributed by atoms with Crippen LogP contribution in [0.3, 0.4) is 0 Å². The lowest BCUT2D eigenvalue weighted by molar-refractivity contribution is -0.123. The minimum absolute atomic E-state index is 0.0226. The third kappa shape index (κ3) is 46.3. The van der Waals surface area contributed by atoms with Gasteiger partial charge in [0, 0.05) is 6.42 Å². The number of unbranched alkanes of at least 4 members (excludes halogenated alkanes) is 43. The van der Waals surface area contributed by atoms with Gasteiger partial charge in [-0.15, -0.1) is 0 Å². The highest BCUT2D eigenvalue weighted by molar-refractivity contribution is 5.76. The summed E-state index contributed by atoms with van der Waals surface area (Å²) in [6.45, 7) is 4.40. The summed E-state index contributed by atoms with van der Waals surface area (Å²) < 4.78 is 0. The van der Waals surface area contributed by atoms with Gasteiger partial charge in [-0.25, -0.2) is 0 Å². The van der Waals surface area contributed by atoms with Crippen LogP contribution in [-0.2, 0) is 4.79 Å². The Hall–Kier alpha value is -0.610. The molecule has 2 unspecified atom stereocenters. The molecule has 57 heavy (non-hydrogen) atoms. The van der Waals surface area contributed by atoms with Crippen molar-refractivity contribution < 1.29 is 15.0 Å². The SMILES string of the molecule is CCCCCCCCCCCCCCCCCCCCCCCCCCCCC(=O)NC(CO)C(O)CCCCCCCCCCCCCCCCCCCCC. The predicted molar refractivity (Wildman–Crippen MR) is 253 cm³/mol. The van der Waals surface area contributed by atoms with Crippen LogP contribution < -0.4 is 5.32 Å². The van der Waals surface area contributed by atoms with Gasteiger partial charge in [0.25, 0.3) is 0 Å². The Morgan fingerprint density at radius 2 is 0.561 bits per heavy atom. The molecule has 0 aliphatic heterocycles. The molecule has 0 saturated carbocycles. The first-order valence-electron chi connectivity index (χ1n) is 26.7. The Kier molecular flexibility index (Phi) is 49.2. The molecule has 4 heteroatoms. The molecule has 0 spiro atoms. The molecule has 0 aromatic carbocycles. The maximum absolute atomic E-state index is 12.5. The molecule has 0 bridgehead atoms. The van der Waals surface area contributed by atoms with Crippen LogP contribution >= 0.6 is 0 Å². The van der Waals surface area contributed by atoms with Crippen molar-refractivity contribution in [3.63, 3.8) is 0 Å². The Morgan fingerprint density at radius 3 is 0.789 bits per heavy atom. The Morgan fingerprint density at radius 1 is 0.351 bits per heavy atom. The number of nitrogens with one attached hydrogen (secondary N) is 1. The van der Waals surface area contributed by atoms with E-state index in [-0.39, 0.29) is 12.5 Å². The molecular formula is C53H107NO3. The van der Waals surface area contributed by atoms with Crippen LogP contribution in [0.25, 0.3) is 0 Å². The van der Waals surface area contributed by atoms with E-state index < -0.39 is 12.1 Å². The van der Waals surface area contributed by atoms with Crippen LogP contribution in [-0.4, -0.2) is 34.9 Å². The number of amides is 1. The van der Waals surface area contributed by atoms with Crippen LogP contribution in [0.15, 0.2) is 0 Å². The van der Waals surface area contributed by atoms with E-state index >= 15 is 0 Å². The lowest BCUT2D eigenvalue weighted by Gasteiger charge is -2.22. The molecule has 0 aliphatic carbocycles. The molecule has 0 rings (SSSR count). The van der Waals surface area contributed by atoms with Gasteiger partial charge in [-0.1, -0.05) is 296 Å². The first-order chi connectivity index (χ1) is 28.2. The molecule has 1 amide bonds. The van der Waals surface area contributed by atoms with Gasteiger partial charge in [-0.3, -0.25) is 4.79 Å². The fourth-order valence-corrected chi connectivity index (χ4v) is 8.78. The number of aliphatic hydroxyl groups is 2. The average Bonchev–Trinajstić information content (AvgIpc) is 3.22. The molecule has 2 atom stereocenters. The van der Waals surface area contributed by atoms with E-state index in [4.69, 9.17) is 0 Å². The van der Waals surface area contributed by atoms with Crippen LogP contribution in [0.5, 0.6) is 0 Å². The fraction of sp³-hybridized carbons (Fsp3) is 0.981. The smallest absolute Gasteiger partial charge is 0.220 e. The first kappa shape index (κ1) is 56.4. The van der Waals surface area contributed by atoms with E-state index in [9.17, 15) is 15.0 Å². The summed E-state index contributed by atoms with van der Waals surface area (Å²) in [7, 11) is 0. The van der Waals surface area contributed by atoms with Crippen molar-refractivity contribution in [2.75, 3.05) is 6.61 Å². The lowest BCUT2D eigenvalue weighted by atomic mass is 10.0. The molecule has 0 fully saturated rings. The maximum atomic E-state index is 12.5. The predicted octanol–water partition coefficient (Wildman–Crippen LogP) is 17.2. The maximum Gasteiger partial charge on any atom is 0.220 e. The fourth-order valence-electron chi connectivity index (χ4n) is 8.78. The minimum atomic E-state index is -0.654. The molecule has 0 aromatic rings. The molecule has 4 nitrogen and oxygen atoms in total. The molecule has 0 heterocycles. The summed E-state index contributed by atoms with van der Waals surface area (Å²) in [4.78, 5) is 12.5. The van der Waals surface area contributed by atoms with Crippen LogP contribution in [0.2, 0.25) is 0 Å². The second-order valence-electron chi connectivity index (χ2n) is 18.7. The topological polar surface area (TPSA) is 69.6 Å². The van der Waals surface area contributed by atoms with Crippen LogP contribution in [0, 0.1) is 0 Å². The van der Waals surface area contributed by atoms with Crippen molar-refractivity contribution in [1.82, 2.24) is 5.32 Å². The molecule has 0 saturated heterocycles. The number of hydrogen-bond donors (Lipinski definition) is 3. The van der Waals surface area contributed by atoms with Crippen molar-refractivity contribution in [3.8, 4) is 0 Å². The Bertz CT molecular complexity index is 744. The summed E-state index contributed by atoms with van der Waals surface area (Å²) in [5.41, 5.74) is 0. The number of aliphatic hydroxyl groups excluding tert-OH is 2. The summed E-state index contributed by atoms with van der Waals surface area (Å²) in [6, 6.07) is -0.530. The zero-order valence-corrected chi connectivity index (χ0v) is 39.4. The second kappa shape index (κ2) is 49.8. The highest BCUT2D eigenvalue weighted by atomic mass is 16.3. The Labute approximate surface area is 359 Å². The van der Waals surface area contributed by atoms with Gasteiger partial charge in [0.05, 0.1) is 18.8 Å². The minimum Gasteiger partial charge on any atom is -0.394 e. The van der Waals surface area contributed by atoms with E-state index in [1.807, 2.05) is 0 Å². The first-order valence-corrected chi connectivity index (χ1v) is 26.7. The molecule has 3 N–H and O–H groups in total. The summed E-state index contributed by atoms with van der Waals surface area (Å²) in [5, 5.41) is 23.3. The normalized spacial score (nSPS) is 12.7. The highest BCUT2D eigenvalue weighted by Crippen LogP contribution is 2.18. The largest absolute Gasteiger partial charge is 0.394 e. The van der Waals surface area contributed by atoms with E-state index in [0.717, 1.165) is 25.7 Å². The monoisotopic (exact) mass is 806 g/mol. The molecular weight excluding hydrogens is 699 g/mol. The summed E-state index contributed by atoms with van der Waals surface area (Å²) in [5.74, 6) is -0.0226. The zero-order chi connectivity index (χ0) is 41.4. The Balaban J connectivity index is 3.40. The quantitative estimate of drug-likeness (QED) is 0.0536. The van der Waals surface area contributed by atoms with E-state index in [2.05, 4.69) is 19.2 Å². The van der Waals surface area contributed by atoms with E-state index in [1.54, 1.807) is 0 Å². The van der Waals surface area contributed by atoms with Gasteiger partial charge in [0.2, 0.25) is 5.91 Å². The van der Waals surface area contributed by atoms with Crippen molar-refractivity contribution in [2.45, 2.75) is 328 Å². The molecule has 342 valence electrons. The average molecular weight is 806 g/mol. The molecule has 0 aliphatic rings. The van der Waals surface area contributed by atoms with Crippen molar-refractivity contribution in [2.24, 2.45) is 0 Å². The lowest BCUT2D eigenvalue weighted by Crippen LogP contribution is -2.45. The van der Waals surface area contributed by atoms with Gasteiger partial charge < -0.3 is 15.5 Å². The van der Waals surface area contributed by atoms with Gasteiger partial charge >= 0.3 is 0 Å². The molecule has 0 radical (unpaired) electrons. The number of rotatable bonds is 50. The second-order valence-corrected chi connectivity index (χ2v) is 18.7. The third-order valence-corrected chi connectivity index (χ3v) is 12.9. The summed E-state index contributed by atoms with van der Waals surface area (Å²) >= 11 is 0. The van der Waals surface area contributed by atoms with Crippen molar-refractivity contribution in [3.05, 3.63) is 0 Å². The van der Waals surface area contributed by atoms with Crippen LogP contribution in [0.1, 0.15) is 316 Å². The van der Waals surface area contributed by atoms with Crippen LogP contribution in [0.4, 0.5) is 0 Å². The number of carbonyl (C=O) groups is 1. The van der Waals surface area contributed by atoms with Gasteiger partial charge in [-0.05, 0) is 12.8 Å². The summed E-state index contributed by atoms with van der Waals surface area (Å²) in [6.07, 6.45) is 62.2. The number of hydrogen-bond acceptors (Lipinski definition) is 3. The van der Waals surface area contributed by atoms with Gasteiger partial charge in [-0.2, -0.15) is 0 Å². The number of carbonyl (C=O) groups excluding carboxylic acids is 1. The van der Waals surface area contributed by atoms with Crippen molar-refractivity contribution in [1.29, 1.82) is 0 Å².